The molecule has 1 fully saturated rings. The van der Waals surface area contributed by atoms with E-state index in [4.69, 9.17) is 0 Å². The minimum absolute atomic E-state index is 0.707. The Balaban J connectivity index is 1.92. The molecular formula is C12H21N3S. The van der Waals surface area contributed by atoms with Crippen LogP contribution in [0.1, 0.15) is 35.6 Å². The van der Waals surface area contributed by atoms with Crippen molar-refractivity contribution in [3.63, 3.8) is 0 Å². The molecule has 1 aliphatic heterocycles. The van der Waals surface area contributed by atoms with Gasteiger partial charge in [-0.1, -0.05) is 6.92 Å². The predicted octanol–water partition coefficient (Wildman–Crippen LogP) is 2.06. The molecule has 2 rings (SSSR count). The van der Waals surface area contributed by atoms with Crippen molar-refractivity contribution in [1.82, 2.24) is 15.2 Å². The monoisotopic (exact) mass is 239 g/mol. The van der Waals surface area contributed by atoms with Crippen LogP contribution in [0.2, 0.25) is 0 Å². The first kappa shape index (κ1) is 12.0. The third-order valence-corrected chi connectivity index (χ3v) is 4.47. The zero-order valence-corrected chi connectivity index (χ0v) is 11.0. The van der Waals surface area contributed by atoms with E-state index in [1.807, 2.05) is 24.6 Å². The first-order valence-corrected chi connectivity index (χ1v) is 6.96. The summed E-state index contributed by atoms with van der Waals surface area (Å²) < 4.78 is 0. The van der Waals surface area contributed by atoms with Crippen LogP contribution in [0.4, 0.5) is 0 Å². The van der Waals surface area contributed by atoms with Crippen molar-refractivity contribution in [2.24, 2.45) is 0 Å². The van der Waals surface area contributed by atoms with E-state index in [2.05, 4.69) is 22.1 Å². The molecule has 0 aromatic carbocycles. The quantitative estimate of drug-likeness (QED) is 0.872. The van der Waals surface area contributed by atoms with Crippen molar-refractivity contribution in [3.05, 3.63) is 16.1 Å². The zero-order valence-electron chi connectivity index (χ0n) is 10.2. The van der Waals surface area contributed by atoms with Gasteiger partial charge in [0, 0.05) is 23.5 Å². The molecule has 3 nitrogen and oxygen atoms in total. The van der Waals surface area contributed by atoms with Crippen LogP contribution in [0.5, 0.6) is 0 Å². The van der Waals surface area contributed by atoms with Crippen LogP contribution in [-0.2, 0) is 6.54 Å². The molecular weight excluding hydrogens is 218 g/mol. The van der Waals surface area contributed by atoms with Crippen LogP contribution in [0, 0.1) is 0 Å². The highest BCUT2D eigenvalue weighted by atomic mass is 32.1. The van der Waals surface area contributed by atoms with Gasteiger partial charge in [0.15, 0.2) is 0 Å². The van der Waals surface area contributed by atoms with Crippen LogP contribution < -0.4 is 5.32 Å². The fourth-order valence-electron chi connectivity index (χ4n) is 2.26. The van der Waals surface area contributed by atoms with Gasteiger partial charge in [-0.2, -0.15) is 0 Å². The molecule has 1 N–H and O–H groups in total. The Hall–Kier alpha value is -0.450. The van der Waals surface area contributed by atoms with Gasteiger partial charge in [-0.05, 0) is 39.5 Å². The maximum Gasteiger partial charge on any atom is 0.0960 e. The van der Waals surface area contributed by atoms with E-state index in [1.165, 1.54) is 42.4 Å². The summed E-state index contributed by atoms with van der Waals surface area (Å²) in [6.07, 6.45) is 4.59. The Bertz CT molecular complexity index is 316. The number of aromatic nitrogens is 1. The third kappa shape index (κ3) is 2.81. The molecule has 1 aromatic rings. The van der Waals surface area contributed by atoms with Crippen molar-refractivity contribution in [2.45, 2.75) is 32.2 Å². The second-order valence-electron chi connectivity index (χ2n) is 4.40. The molecule has 16 heavy (non-hydrogen) atoms. The van der Waals surface area contributed by atoms with Crippen molar-refractivity contribution >= 4 is 11.3 Å². The first-order chi connectivity index (χ1) is 7.83. The second-order valence-corrected chi connectivity index (χ2v) is 5.55. The Labute approximate surface area is 102 Å². The van der Waals surface area contributed by atoms with E-state index in [9.17, 15) is 0 Å². The highest BCUT2D eigenvalue weighted by molar-refractivity contribution is 7.11. The second kappa shape index (κ2) is 5.75. The molecule has 0 spiro atoms. The van der Waals surface area contributed by atoms with E-state index in [-0.39, 0.29) is 0 Å². The first-order valence-electron chi connectivity index (χ1n) is 6.15. The predicted molar refractivity (Wildman–Crippen MR) is 69.0 cm³/mol. The standard InChI is InChI=1S/C12H21N3S/c1-3-15-6-4-10(5-7-15)12-14-9-11(16-12)8-13-2/h9-10,13H,3-8H2,1-2H3. The van der Waals surface area contributed by atoms with Gasteiger partial charge in [0.1, 0.15) is 0 Å². The third-order valence-electron chi connectivity index (χ3n) is 3.31. The van der Waals surface area contributed by atoms with Crippen LogP contribution in [0.25, 0.3) is 0 Å². The molecule has 2 heterocycles. The van der Waals surface area contributed by atoms with Crippen molar-refractivity contribution in [3.8, 4) is 0 Å². The Morgan fingerprint density at radius 1 is 1.50 bits per heavy atom. The van der Waals surface area contributed by atoms with E-state index >= 15 is 0 Å². The number of hydrogen-bond acceptors (Lipinski definition) is 4. The van der Waals surface area contributed by atoms with Gasteiger partial charge in [-0.3, -0.25) is 0 Å². The van der Waals surface area contributed by atoms with Crippen LogP contribution in [0.3, 0.4) is 0 Å². The summed E-state index contributed by atoms with van der Waals surface area (Å²) in [5, 5.41) is 4.53. The van der Waals surface area contributed by atoms with Crippen molar-refractivity contribution in [2.75, 3.05) is 26.7 Å². The molecule has 0 amide bonds. The SMILES string of the molecule is CCN1CCC(c2ncc(CNC)s2)CC1. The maximum atomic E-state index is 4.57. The van der Waals surface area contributed by atoms with Crippen LogP contribution in [0.15, 0.2) is 6.20 Å². The molecule has 0 saturated carbocycles. The number of nitrogens with one attached hydrogen (secondary N) is 1. The molecule has 1 aromatic heterocycles. The topological polar surface area (TPSA) is 28.2 Å². The molecule has 0 unspecified atom stereocenters. The van der Waals surface area contributed by atoms with E-state index < -0.39 is 0 Å². The average molecular weight is 239 g/mol. The molecule has 90 valence electrons. The lowest BCUT2D eigenvalue weighted by Gasteiger charge is -2.29. The summed E-state index contributed by atoms with van der Waals surface area (Å²) in [7, 11) is 1.99. The molecule has 0 aliphatic carbocycles. The van der Waals surface area contributed by atoms with Crippen molar-refractivity contribution < 1.29 is 0 Å². The van der Waals surface area contributed by atoms with Crippen LogP contribution in [-0.4, -0.2) is 36.6 Å². The lowest BCUT2D eigenvalue weighted by atomic mass is 9.98. The van der Waals surface area contributed by atoms with Gasteiger partial charge in [-0.25, -0.2) is 4.98 Å². The van der Waals surface area contributed by atoms with Gasteiger partial charge in [0.25, 0.3) is 0 Å². The lowest BCUT2D eigenvalue weighted by molar-refractivity contribution is 0.222. The van der Waals surface area contributed by atoms with Gasteiger partial charge in [0.05, 0.1) is 5.01 Å². The average Bonchev–Trinajstić information content (AvgIpc) is 2.78. The number of thiazole rings is 1. The minimum atomic E-state index is 0.707. The summed E-state index contributed by atoms with van der Waals surface area (Å²) >= 11 is 1.88. The number of rotatable bonds is 4. The fourth-order valence-corrected chi connectivity index (χ4v) is 3.36. The number of likely N-dealkylation sites (tertiary alicyclic amines) is 1. The zero-order chi connectivity index (χ0) is 11.4. The molecule has 0 bridgehead atoms. The van der Waals surface area contributed by atoms with Gasteiger partial charge < -0.3 is 10.2 Å². The Kier molecular flexibility index (Phi) is 4.32. The summed E-state index contributed by atoms with van der Waals surface area (Å²) in [5.74, 6) is 0.707. The van der Waals surface area contributed by atoms with Gasteiger partial charge in [0.2, 0.25) is 0 Å². The van der Waals surface area contributed by atoms with E-state index in [0.29, 0.717) is 5.92 Å². The molecule has 0 atom stereocenters. The molecule has 1 saturated heterocycles. The van der Waals surface area contributed by atoms with E-state index in [1.54, 1.807) is 0 Å². The normalized spacial score (nSPS) is 19.1. The maximum absolute atomic E-state index is 4.57. The Morgan fingerprint density at radius 2 is 2.25 bits per heavy atom. The molecule has 0 radical (unpaired) electrons. The van der Waals surface area contributed by atoms with Gasteiger partial charge >= 0.3 is 0 Å². The molecule has 4 heteroatoms. The largest absolute Gasteiger partial charge is 0.315 e. The number of nitrogens with zero attached hydrogens (tertiary/aromatic N) is 2. The fraction of sp³-hybridized carbons (Fsp3) is 0.750. The number of piperidine rings is 1. The Morgan fingerprint density at radius 3 is 2.88 bits per heavy atom. The lowest BCUT2D eigenvalue weighted by Crippen LogP contribution is -2.32. The summed E-state index contributed by atoms with van der Waals surface area (Å²) in [6.45, 7) is 6.86. The smallest absolute Gasteiger partial charge is 0.0960 e. The minimum Gasteiger partial charge on any atom is -0.315 e. The summed E-state index contributed by atoms with van der Waals surface area (Å²) in [6, 6.07) is 0. The van der Waals surface area contributed by atoms with Crippen LogP contribution >= 0.6 is 11.3 Å². The molecule has 1 aliphatic rings. The summed E-state index contributed by atoms with van der Waals surface area (Å²) in [4.78, 5) is 8.45. The van der Waals surface area contributed by atoms with Gasteiger partial charge in [-0.15, -0.1) is 11.3 Å². The van der Waals surface area contributed by atoms with E-state index in [0.717, 1.165) is 6.54 Å². The highest BCUT2D eigenvalue weighted by Crippen LogP contribution is 2.30. The van der Waals surface area contributed by atoms with Crippen molar-refractivity contribution in [1.29, 1.82) is 0 Å². The summed E-state index contributed by atoms with van der Waals surface area (Å²) in [5.41, 5.74) is 0. The number of hydrogen-bond donors (Lipinski definition) is 1. The highest BCUT2D eigenvalue weighted by Gasteiger charge is 2.21.